The van der Waals surface area contributed by atoms with Gasteiger partial charge >= 0.3 is 12.1 Å². The second-order valence-corrected chi connectivity index (χ2v) is 9.35. The summed E-state index contributed by atoms with van der Waals surface area (Å²) >= 11 is 0. The molecule has 0 spiro atoms. The molecule has 3 aromatic carbocycles. The molecule has 7 nitrogen and oxygen atoms in total. The number of nitrogens with one attached hydrogen (secondary N) is 1. The van der Waals surface area contributed by atoms with Crippen LogP contribution in [0.25, 0.3) is 10.8 Å². The van der Waals surface area contributed by atoms with Gasteiger partial charge in [0.05, 0.1) is 11.0 Å². The number of rotatable bonds is 7. The normalized spacial score (nSPS) is 13.0. The molecule has 0 bridgehead atoms. The number of benzene rings is 3. The SMILES string of the molecule is CC(C)OC(=O)[C@@H](C(=O)C(F)(F)F)c1cc(NS(=O)(=O)c2ccc3ccccc3c2)ccc1O. The van der Waals surface area contributed by atoms with Gasteiger partial charge in [-0.2, -0.15) is 13.2 Å². The predicted octanol–water partition coefficient (Wildman–Crippen LogP) is 4.51. The van der Waals surface area contributed by atoms with Crippen molar-refractivity contribution < 1.29 is 41.0 Å². The maximum atomic E-state index is 13.2. The van der Waals surface area contributed by atoms with E-state index in [2.05, 4.69) is 4.72 Å². The fourth-order valence-corrected chi connectivity index (χ4v) is 4.32. The number of Topliss-reactive ketones (excluding diaryl/α,β-unsaturated/α-hetero) is 1. The van der Waals surface area contributed by atoms with E-state index in [4.69, 9.17) is 4.74 Å². The molecule has 0 heterocycles. The Morgan fingerprint density at radius 1 is 0.971 bits per heavy atom. The van der Waals surface area contributed by atoms with Crippen LogP contribution in [0.3, 0.4) is 0 Å². The fraction of sp³-hybridized carbons (Fsp3) is 0.217. The van der Waals surface area contributed by atoms with Crippen molar-refractivity contribution in [1.29, 1.82) is 0 Å². The first-order valence-corrected chi connectivity index (χ1v) is 11.4. The van der Waals surface area contributed by atoms with E-state index in [1.807, 2.05) is 0 Å². The Morgan fingerprint density at radius 3 is 2.24 bits per heavy atom. The summed E-state index contributed by atoms with van der Waals surface area (Å²) in [5.41, 5.74) is -1.01. The number of esters is 1. The second kappa shape index (κ2) is 9.34. The standard InChI is InChI=1S/C23H20F3NO6S/c1-13(2)33-22(30)20(21(29)23(24,25)26)18-12-16(8-10-19(18)28)27-34(31,32)17-9-7-14-5-3-4-6-15(14)11-17/h3-13,20,27-28H,1-2H3/t20-/m1/s1. The van der Waals surface area contributed by atoms with Crippen molar-refractivity contribution in [2.45, 2.75) is 36.9 Å². The summed E-state index contributed by atoms with van der Waals surface area (Å²) in [6.45, 7) is 2.75. The van der Waals surface area contributed by atoms with Gasteiger partial charge in [-0.05, 0) is 55.0 Å². The van der Waals surface area contributed by atoms with Crippen LogP contribution in [-0.2, 0) is 24.3 Å². The molecule has 3 aromatic rings. The number of hydrogen-bond donors (Lipinski definition) is 2. The molecule has 34 heavy (non-hydrogen) atoms. The molecule has 2 N–H and O–H groups in total. The van der Waals surface area contributed by atoms with Gasteiger partial charge in [-0.15, -0.1) is 0 Å². The number of carbonyl (C=O) groups is 2. The monoisotopic (exact) mass is 495 g/mol. The Bertz CT molecular complexity index is 1350. The maximum Gasteiger partial charge on any atom is 0.451 e. The predicted molar refractivity (Wildman–Crippen MR) is 118 cm³/mol. The molecule has 0 aliphatic carbocycles. The molecule has 11 heteroatoms. The van der Waals surface area contributed by atoms with Crippen molar-refractivity contribution in [3.05, 3.63) is 66.2 Å². The summed E-state index contributed by atoms with van der Waals surface area (Å²) in [6, 6.07) is 14.1. The van der Waals surface area contributed by atoms with Gasteiger partial charge in [-0.1, -0.05) is 30.3 Å². The topological polar surface area (TPSA) is 110 Å². The van der Waals surface area contributed by atoms with Crippen molar-refractivity contribution in [2.24, 2.45) is 0 Å². The van der Waals surface area contributed by atoms with Crippen LogP contribution in [0.1, 0.15) is 25.3 Å². The van der Waals surface area contributed by atoms with Crippen molar-refractivity contribution >= 4 is 38.2 Å². The van der Waals surface area contributed by atoms with E-state index in [9.17, 15) is 36.3 Å². The molecule has 0 aromatic heterocycles. The van der Waals surface area contributed by atoms with E-state index < -0.39 is 51.3 Å². The Hall–Kier alpha value is -3.60. The molecular weight excluding hydrogens is 475 g/mol. The zero-order valence-electron chi connectivity index (χ0n) is 18.0. The number of carbonyl (C=O) groups excluding carboxylic acids is 2. The highest BCUT2D eigenvalue weighted by molar-refractivity contribution is 7.92. The number of ketones is 1. The number of halogens is 3. The number of hydrogen-bond acceptors (Lipinski definition) is 6. The largest absolute Gasteiger partial charge is 0.508 e. The lowest BCUT2D eigenvalue weighted by molar-refractivity contribution is -0.178. The number of alkyl halides is 3. The lowest BCUT2D eigenvalue weighted by atomic mass is 9.93. The van der Waals surface area contributed by atoms with E-state index in [-0.39, 0.29) is 10.6 Å². The summed E-state index contributed by atoms with van der Waals surface area (Å²) in [4.78, 5) is 24.2. The van der Waals surface area contributed by atoms with Crippen molar-refractivity contribution in [1.82, 2.24) is 0 Å². The van der Waals surface area contributed by atoms with Crippen LogP contribution in [0, 0.1) is 0 Å². The van der Waals surface area contributed by atoms with E-state index in [1.54, 1.807) is 30.3 Å². The minimum atomic E-state index is -5.41. The zero-order chi connectivity index (χ0) is 25.3. The molecule has 0 amide bonds. The Labute approximate surface area is 193 Å². The molecule has 0 saturated heterocycles. The lowest BCUT2D eigenvalue weighted by Crippen LogP contribution is -2.35. The highest BCUT2D eigenvalue weighted by atomic mass is 32.2. The lowest BCUT2D eigenvalue weighted by Gasteiger charge is -2.20. The van der Waals surface area contributed by atoms with Gasteiger partial charge in [0.1, 0.15) is 5.75 Å². The van der Waals surface area contributed by atoms with Gasteiger partial charge in [-0.3, -0.25) is 14.3 Å². The van der Waals surface area contributed by atoms with Crippen LogP contribution in [-0.4, -0.2) is 37.6 Å². The number of sulfonamides is 1. The second-order valence-electron chi connectivity index (χ2n) is 7.67. The molecule has 0 radical (unpaired) electrons. The Morgan fingerprint density at radius 2 is 1.62 bits per heavy atom. The summed E-state index contributed by atoms with van der Waals surface area (Å²) in [6.07, 6.45) is -6.25. The van der Waals surface area contributed by atoms with Crippen LogP contribution in [0.15, 0.2) is 65.6 Å². The molecular formula is C23H20F3NO6S. The van der Waals surface area contributed by atoms with Gasteiger partial charge in [0, 0.05) is 11.3 Å². The average Bonchev–Trinajstić information content (AvgIpc) is 2.74. The van der Waals surface area contributed by atoms with Crippen LogP contribution in [0.4, 0.5) is 18.9 Å². The average molecular weight is 495 g/mol. The van der Waals surface area contributed by atoms with Crippen molar-refractivity contribution in [3.63, 3.8) is 0 Å². The van der Waals surface area contributed by atoms with E-state index >= 15 is 0 Å². The first kappa shape index (κ1) is 25.0. The smallest absolute Gasteiger partial charge is 0.451 e. The summed E-state index contributed by atoms with van der Waals surface area (Å²) in [5.74, 6) is -7.32. The summed E-state index contributed by atoms with van der Waals surface area (Å²) in [5, 5.41) is 11.6. The summed E-state index contributed by atoms with van der Waals surface area (Å²) < 4.78 is 72.3. The molecule has 0 saturated carbocycles. The Kier molecular flexibility index (Phi) is 6.87. The number of phenols is 1. The molecule has 0 unspecified atom stereocenters. The van der Waals surface area contributed by atoms with Gasteiger partial charge < -0.3 is 9.84 Å². The molecule has 0 fully saturated rings. The third-order valence-corrected chi connectivity index (χ3v) is 6.13. The van der Waals surface area contributed by atoms with Crippen LogP contribution in [0.5, 0.6) is 5.75 Å². The molecule has 0 aliphatic rings. The highest BCUT2D eigenvalue weighted by Gasteiger charge is 2.48. The Balaban J connectivity index is 2.01. The number of fused-ring (bicyclic) bond motifs is 1. The van der Waals surface area contributed by atoms with Crippen LogP contribution in [0.2, 0.25) is 0 Å². The molecule has 180 valence electrons. The molecule has 1 atom stereocenters. The fourth-order valence-electron chi connectivity index (χ4n) is 3.24. The van der Waals surface area contributed by atoms with Crippen LogP contribution >= 0.6 is 0 Å². The van der Waals surface area contributed by atoms with Gasteiger partial charge in [0.25, 0.3) is 15.8 Å². The number of phenolic OH excluding ortho intramolecular Hbond substituents is 1. The van der Waals surface area contributed by atoms with Gasteiger partial charge in [-0.25, -0.2) is 8.42 Å². The summed E-state index contributed by atoms with van der Waals surface area (Å²) in [7, 11) is -4.20. The molecule has 0 aliphatic heterocycles. The minimum Gasteiger partial charge on any atom is -0.508 e. The molecule has 3 rings (SSSR count). The number of anilines is 1. The number of aromatic hydroxyl groups is 1. The van der Waals surface area contributed by atoms with Crippen molar-refractivity contribution in [3.8, 4) is 5.75 Å². The van der Waals surface area contributed by atoms with Gasteiger partial charge in [0.15, 0.2) is 5.92 Å². The quantitative estimate of drug-likeness (QED) is 0.284. The first-order chi connectivity index (χ1) is 15.8. The van der Waals surface area contributed by atoms with Gasteiger partial charge in [0.2, 0.25) is 0 Å². The minimum absolute atomic E-state index is 0.122. The van der Waals surface area contributed by atoms with Crippen molar-refractivity contribution in [2.75, 3.05) is 4.72 Å². The zero-order valence-corrected chi connectivity index (χ0v) is 18.8. The van der Waals surface area contributed by atoms with E-state index in [0.717, 1.165) is 23.6 Å². The van der Waals surface area contributed by atoms with E-state index in [0.29, 0.717) is 5.39 Å². The highest BCUT2D eigenvalue weighted by Crippen LogP contribution is 2.36. The third kappa shape index (κ3) is 5.48. The van der Waals surface area contributed by atoms with E-state index in [1.165, 1.54) is 26.0 Å². The first-order valence-electron chi connectivity index (χ1n) is 9.95. The third-order valence-electron chi connectivity index (χ3n) is 4.75. The number of ether oxygens (including phenoxy) is 1. The maximum absolute atomic E-state index is 13.2. The van der Waals surface area contributed by atoms with Crippen LogP contribution < -0.4 is 4.72 Å².